The van der Waals surface area contributed by atoms with Gasteiger partial charge >= 0.3 is 5.97 Å². The Bertz CT molecular complexity index is 584. The van der Waals surface area contributed by atoms with Crippen LogP contribution in [0.25, 0.3) is 11.0 Å². The van der Waals surface area contributed by atoms with Crippen LogP contribution in [-0.4, -0.2) is 27.2 Å². The summed E-state index contributed by atoms with van der Waals surface area (Å²) in [7, 11) is 0. The standard InChI is InChI=1S/C14H19N3O2/c1-14(2,3)19-13(18)11(15)9-17-8-6-10-5-4-7-16-12(10)17/h4-8,11H,9,15H2,1-3H3/t11-/m0/s1. The number of fused-ring (bicyclic) bond motifs is 1. The van der Waals surface area contributed by atoms with Gasteiger partial charge in [0.2, 0.25) is 0 Å². The topological polar surface area (TPSA) is 70.1 Å². The maximum Gasteiger partial charge on any atom is 0.325 e. The van der Waals surface area contributed by atoms with Crippen molar-refractivity contribution >= 4 is 17.0 Å². The van der Waals surface area contributed by atoms with Crippen LogP contribution < -0.4 is 5.73 Å². The number of rotatable bonds is 3. The van der Waals surface area contributed by atoms with Crippen LogP contribution in [0.2, 0.25) is 0 Å². The molecule has 5 heteroatoms. The normalized spacial score (nSPS) is 13.5. The lowest BCUT2D eigenvalue weighted by Gasteiger charge is -2.22. The Morgan fingerprint density at radius 2 is 2.21 bits per heavy atom. The van der Waals surface area contributed by atoms with Crippen molar-refractivity contribution in [1.29, 1.82) is 0 Å². The maximum absolute atomic E-state index is 11.8. The van der Waals surface area contributed by atoms with E-state index < -0.39 is 17.6 Å². The Kier molecular flexibility index (Phi) is 3.57. The van der Waals surface area contributed by atoms with Gasteiger partial charge in [0.1, 0.15) is 17.3 Å². The van der Waals surface area contributed by atoms with Crippen molar-refractivity contribution in [2.75, 3.05) is 0 Å². The summed E-state index contributed by atoms with van der Waals surface area (Å²) in [5.41, 5.74) is 6.18. The van der Waals surface area contributed by atoms with Gasteiger partial charge in [-0.3, -0.25) is 4.79 Å². The first-order valence-electron chi connectivity index (χ1n) is 6.25. The largest absolute Gasteiger partial charge is 0.459 e. The molecule has 0 aliphatic carbocycles. The molecule has 2 rings (SSSR count). The van der Waals surface area contributed by atoms with Gasteiger partial charge < -0.3 is 15.0 Å². The van der Waals surface area contributed by atoms with E-state index >= 15 is 0 Å². The van der Waals surface area contributed by atoms with Gasteiger partial charge in [0.15, 0.2) is 0 Å². The summed E-state index contributed by atoms with van der Waals surface area (Å²) < 4.78 is 7.13. The van der Waals surface area contributed by atoms with E-state index in [2.05, 4.69) is 4.98 Å². The van der Waals surface area contributed by atoms with Crippen LogP contribution in [0.5, 0.6) is 0 Å². The van der Waals surface area contributed by atoms with Crippen LogP contribution in [0.3, 0.4) is 0 Å². The molecule has 1 atom stereocenters. The third kappa shape index (κ3) is 3.32. The molecular weight excluding hydrogens is 242 g/mol. The SMILES string of the molecule is CC(C)(C)OC(=O)[C@@H](N)Cn1ccc2cccnc21. The second-order valence-electron chi connectivity index (χ2n) is 5.52. The minimum atomic E-state index is -0.697. The zero-order valence-corrected chi connectivity index (χ0v) is 11.5. The van der Waals surface area contributed by atoms with Gasteiger partial charge in [0.05, 0.1) is 0 Å². The number of ether oxygens (including phenoxy) is 1. The number of pyridine rings is 1. The molecule has 0 radical (unpaired) electrons. The van der Waals surface area contributed by atoms with Crippen LogP contribution in [0.15, 0.2) is 30.6 Å². The average Bonchev–Trinajstić information content (AvgIpc) is 2.70. The lowest BCUT2D eigenvalue weighted by molar-refractivity contribution is -0.156. The first-order valence-corrected chi connectivity index (χ1v) is 6.25. The summed E-state index contributed by atoms with van der Waals surface area (Å²) in [6.07, 6.45) is 3.60. The fourth-order valence-electron chi connectivity index (χ4n) is 1.83. The molecule has 0 bridgehead atoms. The maximum atomic E-state index is 11.8. The summed E-state index contributed by atoms with van der Waals surface area (Å²) in [6.45, 7) is 5.83. The van der Waals surface area contributed by atoms with Crippen molar-refractivity contribution in [2.45, 2.75) is 39.0 Å². The monoisotopic (exact) mass is 261 g/mol. The third-order valence-electron chi connectivity index (χ3n) is 2.63. The van der Waals surface area contributed by atoms with E-state index in [0.29, 0.717) is 6.54 Å². The van der Waals surface area contributed by atoms with Crippen molar-refractivity contribution < 1.29 is 9.53 Å². The highest BCUT2D eigenvalue weighted by Crippen LogP contribution is 2.13. The summed E-state index contributed by atoms with van der Waals surface area (Å²) >= 11 is 0. The van der Waals surface area contributed by atoms with Crippen LogP contribution in [-0.2, 0) is 16.1 Å². The van der Waals surface area contributed by atoms with Crippen molar-refractivity contribution in [2.24, 2.45) is 5.73 Å². The number of carbonyl (C=O) groups is 1. The summed E-state index contributed by atoms with van der Waals surface area (Å²) in [6, 6.07) is 5.10. The van der Waals surface area contributed by atoms with Gasteiger partial charge in [-0.2, -0.15) is 0 Å². The fraction of sp³-hybridized carbons (Fsp3) is 0.429. The molecule has 0 amide bonds. The zero-order chi connectivity index (χ0) is 14.0. The molecule has 0 aromatic carbocycles. The highest BCUT2D eigenvalue weighted by molar-refractivity contribution is 5.78. The Labute approximate surface area is 112 Å². The van der Waals surface area contributed by atoms with Gasteiger partial charge in [-0.1, -0.05) is 0 Å². The molecule has 19 heavy (non-hydrogen) atoms. The number of hydrogen-bond acceptors (Lipinski definition) is 4. The van der Waals surface area contributed by atoms with Crippen molar-refractivity contribution in [3.05, 3.63) is 30.6 Å². The Balaban J connectivity index is 2.10. The first kappa shape index (κ1) is 13.5. The fourth-order valence-corrected chi connectivity index (χ4v) is 1.83. The predicted molar refractivity (Wildman–Crippen MR) is 73.6 cm³/mol. The van der Waals surface area contributed by atoms with E-state index in [9.17, 15) is 4.79 Å². The van der Waals surface area contributed by atoms with Gasteiger partial charge in [-0.25, -0.2) is 4.98 Å². The molecule has 2 N–H and O–H groups in total. The van der Waals surface area contributed by atoms with E-state index in [4.69, 9.17) is 10.5 Å². The molecule has 0 saturated carbocycles. The smallest absolute Gasteiger partial charge is 0.325 e. The van der Waals surface area contributed by atoms with Crippen LogP contribution in [0.1, 0.15) is 20.8 Å². The number of carbonyl (C=O) groups excluding carboxylic acids is 1. The number of hydrogen-bond donors (Lipinski definition) is 1. The Morgan fingerprint density at radius 3 is 2.89 bits per heavy atom. The van der Waals surface area contributed by atoms with Gasteiger partial charge in [-0.15, -0.1) is 0 Å². The highest BCUT2D eigenvalue weighted by Gasteiger charge is 2.22. The third-order valence-corrected chi connectivity index (χ3v) is 2.63. The Hall–Kier alpha value is -1.88. The van der Waals surface area contributed by atoms with Crippen molar-refractivity contribution in [1.82, 2.24) is 9.55 Å². The summed E-state index contributed by atoms with van der Waals surface area (Å²) in [5.74, 6) is -0.398. The number of aromatic nitrogens is 2. The van der Waals surface area contributed by atoms with Crippen LogP contribution in [0, 0.1) is 0 Å². The number of esters is 1. The molecule has 0 aliphatic rings. The lowest BCUT2D eigenvalue weighted by atomic mass is 10.2. The second-order valence-corrected chi connectivity index (χ2v) is 5.52. The van der Waals surface area contributed by atoms with Crippen LogP contribution >= 0.6 is 0 Å². The number of nitrogens with zero attached hydrogens (tertiary/aromatic N) is 2. The lowest BCUT2D eigenvalue weighted by Crippen LogP contribution is -2.40. The zero-order valence-electron chi connectivity index (χ0n) is 11.5. The Morgan fingerprint density at radius 1 is 1.47 bits per heavy atom. The molecule has 102 valence electrons. The highest BCUT2D eigenvalue weighted by atomic mass is 16.6. The van der Waals surface area contributed by atoms with Gasteiger partial charge in [0, 0.05) is 24.3 Å². The van der Waals surface area contributed by atoms with Gasteiger partial charge in [0.25, 0.3) is 0 Å². The van der Waals surface area contributed by atoms with Crippen molar-refractivity contribution in [3.8, 4) is 0 Å². The molecular formula is C14H19N3O2. The minimum absolute atomic E-state index is 0.357. The molecule has 2 heterocycles. The summed E-state index contributed by atoms with van der Waals surface area (Å²) in [4.78, 5) is 16.1. The molecule has 2 aromatic heterocycles. The molecule has 0 unspecified atom stereocenters. The quantitative estimate of drug-likeness (QED) is 0.854. The minimum Gasteiger partial charge on any atom is -0.459 e. The van der Waals surface area contributed by atoms with E-state index in [1.165, 1.54) is 0 Å². The summed E-state index contributed by atoms with van der Waals surface area (Å²) in [5, 5.41) is 1.03. The van der Waals surface area contributed by atoms with Crippen molar-refractivity contribution in [3.63, 3.8) is 0 Å². The first-order chi connectivity index (χ1) is 8.87. The average molecular weight is 261 g/mol. The van der Waals surface area contributed by atoms with E-state index in [0.717, 1.165) is 11.0 Å². The number of nitrogens with two attached hydrogens (primary N) is 1. The molecule has 0 saturated heterocycles. The second kappa shape index (κ2) is 5.01. The molecule has 0 spiro atoms. The van der Waals surface area contributed by atoms with E-state index in [-0.39, 0.29) is 0 Å². The predicted octanol–water partition coefficient (Wildman–Crippen LogP) is 1.71. The van der Waals surface area contributed by atoms with E-state index in [1.54, 1.807) is 6.20 Å². The van der Waals surface area contributed by atoms with E-state index in [1.807, 2.05) is 49.7 Å². The molecule has 2 aromatic rings. The molecule has 0 fully saturated rings. The molecule has 0 aliphatic heterocycles. The van der Waals surface area contributed by atoms with Crippen LogP contribution in [0.4, 0.5) is 0 Å². The van der Waals surface area contributed by atoms with Gasteiger partial charge in [-0.05, 0) is 39.0 Å². The molecule has 5 nitrogen and oxygen atoms in total.